The maximum atomic E-state index is 11.3. The van der Waals surface area contributed by atoms with Crippen LogP contribution in [0.4, 0.5) is 0 Å². The average molecular weight is 271 g/mol. The molecule has 1 aliphatic rings. The van der Waals surface area contributed by atoms with Crippen molar-refractivity contribution in [3.63, 3.8) is 0 Å². The normalized spacial score (nSPS) is 20.6. The summed E-state index contributed by atoms with van der Waals surface area (Å²) in [5, 5.41) is 0.871. The van der Waals surface area contributed by atoms with Crippen LogP contribution < -0.4 is 4.72 Å². The minimum Gasteiger partial charge on any atom is -0.202 e. The quantitative estimate of drug-likeness (QED) is 0.743. The van der Waals surface area contributed by atoms with E-state index >= 15 is 0 Å². The summed E-state index contributed by atoms with van der Waals surface area (Å²) in [6.07, 6.45) is 2.21. The van der Waals surface area contributed by atoms with E-state index in [0.29, 0.717) is 6.54 Å². The second-order valence-corrected chi connectivity index (χ2v) is 6.27. The summed E-state index contributed by atoms with van der Waals surface area (Å²) in [5.41, 5.74) is 0.184. The lowest BCUT2D eigenvalue weighted by molar-refractivity contribution is 0.485. The summed E-state index contributed by atoms with van der Waals surface area (Å²) in [7, 11) is -0.191. The van der Waals surface area contributed by atoms with Crippen molar-refractivity contribution >= 4 is 26.1 Å². The van der Waals surface area contributed by atoms with E-state index in [4.69, 9.17) is 0 Å². The lowest BCUT2D eigenvalue weighted by atomic mass is 10.1. The molecule has 0 radical (unpaired) electrons. The Balaban J connectivity index is 2.43. The number of nitrogens with one attached hydrogen (secondary N) is 1. The Morgan fingerprint density at radius 1 is 1.46 bits per heavy atom. The van der Waals surface area contributed by atoms with E-state index in [1.54, 1.807) is 0 Å². The molecule has 0 aromatic carbocycles. The van der Waals surface area contributed by atoms with E-state index in [-0.39, 0.29) is 5.41 Å². The van der Waals surface area contributed by atoms with Gasteiger partial charge in [0.2, 0.25) is 0 Å². The highest BCUT2D eigenvalue weighted by Crippen LogP contribution is 2.46. The topological polar surface area (TPSA) is 49.4 Å². The van der Waals surface area contributed by atoms with Crippen molar-refractivity contribution in [1.29, 1.82) is 0 Å². The molecule has 0 aromatic heterocycles. The van der Waals surface area contributed by atoms with Crippen molar-refractivity contribution in [3.05, 3.63) is 0 Å². The second kappa shape index (κ2) is 3.84. The van der Waals surface area contributed by atoms with Crippen molar-refractivity contribution in [2.24, 2.45) is 5.41 Å². The first kappa shape index (κ1) is 11.4. The number of halogens is 1. The van der Waals surface area contributed by atoms with Gasteiger partial charge >= 0.3 is 0 Å². The molecule has 0 unspecified atom stereocenters. The summed E-state index contributed by atoms with van der Waals surface area (Å²) >= 11 is 3.39. The summed E-state index contributed by atoms with van der Waals surface area (Å²) in [6, 6.07) is 0. The monoisotopic (exact) mass is 270 g/mol. The van der Waals surface area contributed by atoms with Crippen LogP contribution in [0.5, 0.6) is 0 Å². The fourth-order valence-electron chi connectivity index (χ4n) is 0.908. The molecule has 4 nitrogen and oxygen atoms in total. The molecule has 0 atom stereocenters. The SMILES string of the molecule is CN(C)S(=O)(=O)NCC1(CBr)CC1. The van der Waals surface area contributed by atoms with Crippen molar-refractivity contribution in [2.45, 2.75) is 12.8 Å². The van der Waals surface area contributed by atoms with Crippen LogP contribution in [0.2, 0.25) is 0 Å². The number of nitrogens with zero attached hydrogens (tertiary/aromatic N) is 1. The van der Waals surface area contributed by atoms with Gasteiger partial charge in [0, 0.05) is 26.0 Å². The van der Waals surface area contributed by atoms with E-state index in [9.17, 15) is 8.42 Å². The van der Waals surface area contributed by atoms with Crippen LogP contribution in [0.1, 0.15) is 12.8 Å². The zero-order chi connectivity index (χ0) is 10.1. The third kappa shape index (κ3) is 2.90. The van der Waals surface area contributed by atoms with Crippen LogP contribution in [0, 0.1) is 5.41 Å². The van der Waals surface area contributed by atoms with Gasteiger partial charge in [0.05, 0.1) is 0 Å². The highest BCUT2D eigenvalue weighted by Gasteiger charge is 2.42. The van der Waals surface area contributed by atoms with Gasteiger partial charge in [0.25, 0.3) is 10.2 Å². The van der Waals surface area contributed by atoms with Crippen molar-refractivity contribution in [2.75, 3.05) is 26.0 Å². The summed E-state index contributed by atoms with van der Waals surface area (Å²) in [5.74, 6) is 0. The molecule has 1 N–H and O–H groups in total. The van der Waals surface area contributed by atoms with Crippen molar-refractivity contribution < 1.29 is 8.42 Å². The van der Waals surface area contributed by atoms with Gasteiger partial charge in [0.1, 0.15) is 0 Å². The number of hydrogen-bond acceptors (Lipinski definition) is 2. The Labute approximate surface area is 88.0 Å². The first-order chi connectivity index (χ1) is 5.92. The third-order valence-electron chi connectivity index (χ3n) is 2.35. The molecule has 0 spiro atoms. The highest BCUT2D eigenvalue weighted by molar-refractivity contribution is 9.09. The lowest BCUT2D eigenvalue weighted by Gasteiger charge is -2.16. The number of hydrogen-bond donors (Lipinski definition) is 1. The van der Waals surface area contributed by atoms with Gasteiger partial charge in [-0.2, -0.15) is 12.7 Å². The molecule has 0 amide bonds. The number of rotatable bonds is 5. The fraction of sp³-hybridized carbons (Fsp3) is 1.00. The molecule has 0 heterocycles. The Morgan fingerprint density at radius 3 is 2.31 bits per heavy atom. The molecule has 78 valence electrons. The molecule has 13 heavy (non-hydrogen) atoms. The molecular weight excluding hydrogens is 256 g/mol. The minimum absolute atomic E-state index is 0.184. The molecule has 6 heteroatoms. The van der Waals surface area contributed by atoms with Crippen LogP contribution in [-0.2, 0) is 10.2 Å². The van der Waals surface area contributed by atoms with E-state index in [2.05, 4.69) is 20.7 Å². The molecule has 1 fully saturated rings. The van der Waals surface area contributed by atoms with E-state index < -0.39 is 10.2 Å². The lowest BCUT2D eigenvalue weighted by Crippen LogP contribution is -2.39. The van der Waals surface area contributed by atoms with Gasteiger partial charge in [-0.3, -0.25) is 0 Å². The number of alkyl halides is 1. The average Bonchev–Trinajstić information content (AvgIpc) is 2.81. The smallest absolute Gasteiger partial charge is 0.202 e. The zero-order valence-electron chi connectivity index (χ0n) is 7.88. The fourth-order valence-corrected chi connectivity index (χ4v) is 2.41. The third-order valence-corrected chi connectivity index (χ3v) is 5.01. The molecule has 0 aromatic rings. The van der Waals surface area contributed by atoms with Crippen LogP contribution in [0.25, 0.3) is 0 Å². The summed E-state index contributed by atoms with van der Waals surface area (Å²) < 4.78 is 26.4. The molecule has 0 saturated heterocycles. The van der Waals surface area contributed by atoms with Gasteiger partial charge in [-0.1, -0.05) is 15.9 Å². The van der Waals surface area contributed by atoms with Crippen LogP contribution in [0.15, 0.2) is 0 Å². The first-order valence-corrected chi connectivity index (χ1v) is 6.71. The van der Waals surface area contributed by atoms with Gasteiger partial charge in [0.15, 0.2) is 0 Å². The van der Waals surface area contributed by atoms with E-state index in [1.165, 1.54) is 18.4 Å². The van der Waals surface area contributed by atoms with Gasteiger partial charge in [-0.25, -0.2) is 4.72 Å². The summed E-state index contributed by atoms with van der Waals surface area (Å²) in [6.45, 7) is 0.540. The van der Waals surface area contributed by atoms with E-state index in [1.807, 2.05) is 0 Å². The zero-order valence-corrected chi connectivity index (χ0v) is 10.3. The second-order valence-electron chi connectivity index (χ2n) is 3.74. The Hall–Kier alpha value is 0.350. The van der Waals surface area contributed by atoms with Crippen molar-refractivity contribution in [3.8, 4) is 0 Å². The minimum atomic E-state index is -3.24. The maximum absolute atomic E-state index is 11.3. The molecular formula is C7H15BrN2O2S. The summed E-state index contributed by atoms with van der Waals surface area (Å²) in [4.78, 5) is 0. The predicted octanol–water partition coefficient (Wildman–Crippen LogP) is 0.558. The molecule has 0 aliphatic heterocycles. The van der Waals surface area contributed by atoms with Crippen LogP contribution >= 0.6 is 15.9 Å². The maximum Gasteiger partial charge on any atom is 0.278 e. The van der Waals surface area contributed by atoms with Gasteiger partial charge < -0.3 is 0 Å². The molecule has 1 aliphatic carbocycles. The molecule has 1 saturated carbocycles. The van der Waals surface area contributed by atoms with Crippen LogP contribution in [-0.4, -0.2) is 38.7 Å². The molecule has 1 rings (SSSR count). The van der Waals surface area contributed by atoms with Gasteiger partial charge in [-0.05, 0) is 18.3 Å². The van der Waals surface area contributed by atoms with Gasteiger partial charge in [-0.15, -0.1) is 0 Å². The van der Waals surface area contributed by atoms with Crippen LogP contribution in [0.3, 0.4) is 0 Å². The Kier molecular flexibility index (Phi) is 3.38. The standard InChI is InChI=1S/C7H15BrN2O2S/c1-10(2)13(11,12)9-6-7(5-8)3-4-7/h9H,3-6H2,1-2H3. The predicted molar refractivity (Wildman–Crippen MR) is 56.1 cm³/mol. The van der Waals surface area contributed by atoms with E-state index in [0.717, 1.165) is 18.2 Å². The van der Waals surface area contributed by atoms with Crippen molar-refractivity contribution in [1.82, 2.24) is 9.03 Å². The first-order valence-electron chi connectivity index (χ1n) is 4.15. The Morgan fingerprint density at radius 2 is 2.00 bits per heavy atom. The highest BCUT2D eigenvalue weighted by atomic mass is 79.9. The Bertz CT molecular complexity index is 272. The largest absolute Gasteiger partial charge is 0.278 e. The molecule has 0 bridgehead atoms.